The van der Waals surface area contributed by atoms with Crippen LogP contribution in [0.2, 0.25) is 0 Å². The molecule has 2 aromatic carbocycles. The fourth-order valence-electron chi connectivity index (χ4n) is 6.45. The van der Waals surface area contributed by atoms with Crippen LogP contribution < -0.4 is 0 Å². The van der Waals surface area contributed by atoms with Crippen LogP contribution in [0.5, 0.6) is 0 Å². The third kappa shape index (κ3) is 15.9. The molecule has 2 aliphatic heterocycles. The predicted octanol–water partition coefficient (Wildman–Crippen LogP) is 13.4. The first-order valence-corrected chi connectivity index (χ1v) is 20.3. The third-order valence-corrected chi connectivity index (χ3v) is 9.95. The van der Waals surface area contributed by atoms with Crippen molar-refractivity contribution in [2.24, 2.45) is 0 Å². The first-order chi connectivity index (χ1) is 25.2. The summed E-state index contributed by atoms with van der Waals surface area (Å²) in [5, 5.41) is 0. The van der Waals surface area contributed by atoms with Gasteiger partial charge in [0.2, 0.25) is 0 Å². The maximum atomic E-state index is 6.32. The molecule has 0 saturated carbocycles. The summed E-state index contributed by atoms with van der Waals surface area (Å²) < 4.78 is 18.3. The SMILES string of the molecule is CCCCCCCCC/C=C/C=C/C=C/c1cccc(C2(COCC3(c4cccc(/C=C/C=C/C=C/CCCCCCCCC)c4)CO3)CO2)c1. The molecular formula is C48H66O3. The average Bonchev–Trinajstić information content (AvgIpc) is 4.10. The van der Waals surface area contributed by atoms with E-state index in [1.165, 1.54) is 125 Å². The van der Waals surface area contributed by atoms with Gasteiger partial charge in [-0.25, -0.2) is 0 Å². The number of hydrogen-bond donors (Lipinski definition) is 0. The molecule has 2 aromatic rings. The maximum absolute atomic E-state index is 6.32. The Kier molecular flexibility index (Phi) is 19.1. The second-order valence-electron chi connectivity index (χ2n) is 14.5. The highest BCUT2D eigenvalue weighted by Crippen LogP contribution is 2.43. The molecule has 0 spiro atoms. The average molecular weight is 691 g/mol. The first kappa shape index (κ1) is 40.5. The molecule has 2 atom stereocenters. The maximum Gasteiger partial charge on any atom is 0.140 e. The standard InChI is InChI=1S/C48H66O3/c1-3-5-7-9-11-13-15-17-19-21-23-25-27-31-43-33-29-35-45(37-43)47(41-50-47)39-49-40-48(42-51-48)46-36-30-34-44(38-46)32-28-26-24-22-20-18-16-14-12-10-8-6-4-2/h19-38H,3-18,39-42H2,1-2H3/b21-19+,22-20+,25-23+,26-24+,31-27+,32-28+. The smallest absolute Gasteiger partial charge is 0.140 e. The predicted molar refractivity (Wildman–Crippen MR) is 219 cm³/mol. The van der Waals surface area contributed by atoms with Crippen molar-refractivity contribution in [2.75, 3.05) is 26.4 Å². The van der Waals surface area contributed by atoms with E-state index in [1.807, 2.05) is 0 Å². The zero-order valence-electron chi connectivity index (χ0n) is 31.9. The van der Waals surface area contributed by atoms with Crippen molar-refractivity contribution in [3.8, 4) is 0 Å². The number of benzene rings is 2. The van der Waals surface area contributed by atoms with Crippen LogP contribution in [0.25, 0.3) is 12.2 Å². The number of ether oxygens (including phenoxy) is 3. The highest BCUT2D eigenvalue weighted by atomic mass is 16.6. The number of allylic oxidation sites excluding steroid dienone is 10. The van der Waals surface area contributed by atoms with E-state index >= 15 is 0 Å². The Hall–Kier alpha value is -3.24. The molecule has 51 heavy (non-hydrogen) atoms. The Morgan fingerprint density at radius 2 is 0.902 bits per heavy atom. The molecule has 2 unspecified atom stereocenters. The van der Waals surface area contributed by atoms with Crippen molar-refractivity contribution in [3.05, 3.63) is 132 Å². The summed E-state index contributed by atoms with van der Waals surface area (Å²) in [7, 11) is 0. The molecule has 0 amide bonds. The van der Waals surface area contributed by atoms with Crippen molar-refractivity contribution < 1.29 is 14.2 Å². The highest BCUT2D eigenvalue weighted by Gasteiger charge is 2.50. The lowest BCUT2D eigenvalue weighted by Crippen LogP contribution is -2.23. The molecule has 0 aliphatic carbocycles. The molecule has 0 bridgehead atoms. The van der Waals surface area contributed by atoms with Crippen LogP contribution in [0, 0.1) is 0 Å². The second-order valence-corrected chi connectivity index (χ2v) is 14.5. The molecule has 2 fully saturated rings. The van der Waals surface area contributed by atoms with E-state index in [0.717, 1.165) is 0 Å². The summed E-state index contributed by atoms with van der Waals surface area (Å²) in [5.74, 6) is 0. The minimum atomic E-state index is -0.367. The summed E-state index contributed by atoms with van der Waals surface area (Å²) in [5.41, 5.74) is 3.94. The first-order valence-electron chi connectivity index (χ1n) is 20.3. The lowest BCUT2D eigenvalue weighted by atomic mass is 9.97. The number of hydrogen-bond acceptors (Lipinski definition) is 3. The van der Waals surface area contributed by atoms with Gasteiger partial charge in [0.05, 0.1) is 26.4 Å². The topological polar surface area (TPSA) is 34.3 Å². The van der Waals surface area contributed by atoms with Crippen LogP contribution in [0.3, 0.4) is 0 Å². The Morgan fingerprint density at radius 3 is 1.31 bits per heavy atom. The molecule has 276 valence electrons. The van der Waals surface area contributed by atoms with Crippen molar-refractivity contribution in [3.63, 3.8) is 0 Å². The summed E-state index contributed by atoms with van der Waals surface area (Å²) in [6.45, 7) is 6.95. The largest absolute Gasteiger partial charge is 0.375 e. The van der Waals surface area contributed by atoms with Gasteiger partial charge in [-0.1, -0.05) is 200 Å². The summed E-state index contributed by atoms with van der Waals surface area (Å²) in [4.78, 5) is 0. The van der Waals surface area contributed by atoms with E-state index in [9.17, 15) is 0 Å². The minimum absolute atomic E-state index is 0.367. The highest BCUT2D eigenvalue weighted by molar-refractivity contribution is 5.54. The lowest BCUT2D eigenvalue weighted by Gasteiger charge is -2.17. The van der Waals surface area contributed by atoms with Gasteiger partial charge in [0, 0.05) is 0 Å². The van der Waals surface area contributed by atoms with E-state index in [1.54, 1.807) is 0 Å². The lowest BCUT2D eigenvalue weighted by molar-refractivity contribution is 0.0403. The second kappa shape index (κ2) is 24.1. The minimum Gasteiger partial charge on any atom is -0.375 e. The van der Waals surface area contributed by atoms with E-state index < -0.39 is 0 Å². The zero-order valence-corrected chi connectivity index (χ0v) is 31.9. The number of rotatable bonds is 28. The molecule has 0 aromatic heterocycles. The van der Waals surface area contributed by atoms with Gasteiger partial charge in [0.1, 0.15) is 11.2 Å². The molecule has 2 heterocycles. The molecular weight excluding hydrogens is 625 g/mol. The van der Waals surface area contributed by atoms with E-state index in [0.29, 0.717) is 26.4 Å². The molecule has 0 radical (unpaired) electrons. The Bertz CT molecular complexity index is 1310. The monoisotopic (exact) mass is 691 g/mol. The van der Waals surface area contributed by atoms with Gasteiger partial charge in [-0.2, -0.15) is 0 Å². The van der Waals surface area contributed by atoms with Gasteiger partial charge >= 0.3 is 0 Å². The van der Waals surface area contributed by atoms with Gasteiger partial charge in [0.25, 0.3) is 0 Å². The van der Waals surface area contributed by atoms with Gasteiger partial charge in [0.15, 0.2) is 0 Å². The van der Waals surface area contributed by atoms with Crippen LogP contribution in [0.15, 0.2) is 109 Å². The van der Waals surface area contributed by atoms with Gasteiger partial charge in [-0.15, -0.1) is 0 Å². The van der Waals surface area contributed by atoms with Crippen LogP contribution in [0.1, 0.15) is 139 Å². The molecule has 0 N–H and O–H groups in total. The number of epoxide rings is 2. The molecule has 2 aliphatic rings. The Labute approximate surface area is 311 Å². The summed E-state index contributed by atoms with van der Waals surface area (Å²) in [6, 6.07) is 17.2. The molecule has 2 saturated heterocycles. The van der Waals surface area contributed by atoms with Crippen LogP contribution in [0.4, 0.5) is 0 Å². The summed E-state index contributed by atoms with van der Waals surface area (Å²) in [6.07, 6.45) is 47.2. The Balaban J connectivity index is 1.15. The normalized spacial score (nSPS) is 20.4. The van der Waals surface area contributed by atoms with Crippen LogP contribution in [-0.2, 0) is 25.4 Å². The van der Waals surface area contributed by atoms with E-state index in [4.69, 9.17) is 14.2 Å². The van der Waals surface area contributed by atoms with Crippen LogP contribution in [-0.4, -0.2) is 26.4 Å². The molecule has 3 nitrogen and oxygen atoms in total. The Morgan fingerprint density at radius 1 is 0.510 bits per heavy atom. The summed E-state index contributed by atoms with van der Waals surface area (Å²) >= 11 is 0. The van der Waals surface area contributed by atoms with Gasteiger partial charge in [-0.05, 0) is 60.1 Å². The van der Waals surface area contributed by atoms with E-state index in [2.05, 4.69) is 135 Å². The third-order valence-electron chi connectivity index (χ3n) is 9.95. The van der Waals surface area contributed by atoms with E-state index in [-0.39, 0.29) is 11.2 Å². The van der Waals surface area contributed by atoms with Crippen molar-refractivity contribution in [1.29, 1.82) is 0 Å². The van der Waals surface area contributed by atoms with Crippen molar-refractivity contribution in [2.45, 2.75) is 128 Å². The number of unbranched alkanes of at least 4 members (excludes halogenated alkanes) is 14. The van der Waals surface area contributed by atoms with Gasteiger partial charge in [-0.3, -0.25) is 0 Å². The van der Waals surface area contributed by atoms with Crippen molar-refractivity contribution in [1.82, 2.24) is 0 Å². The zero-order chi connectivity index (χ0) is 35.7. The van der Waals surface area contributed by atoms with Crippen molar-refractivity contribution >= 4 is 12.2 Å². The fraction of sp³-hybridized carbons (Fsp3) is 0.500. The molecule has 3 heteroatoms. The quantitative estimate of drug-likeness (QED) is 0.0506. The molecule has 4 rings (SSSR count). The fourth-order valence-corrected chi connectivity index (χ4v) is 6.45. The van der Waals surface area contributed by atoms with Gasteiger partial charge < -0.3 is 14.2 Å². The van der Waals surface area contributed by atoms with Crippen LogP contribution >= 0.6 is 0 Å².